The van der Waals surface area contributed by atoms with Crippen LogP contribution >= 0.6 is 12.4 Å². The summed E-state index contributed by atoms with van der Waals surface area (Å²) in [5, 5.41) is 6.83. The molecule has 0 amide bonds. The van der Waals surface area contributed by atoms with E-state index in [4.69, 9.17) is 4.52 Å². The number of rotatable bonds is 3. The molecule has 104 valence electrons. The van der Waals surface area contributed by atoms with Gasteiger partial charge in [-0.1, -0.05) is 5.16 Å². The molecule has 0 aliphatic carbocycles. The zero-order valence-electron chi connectivity index (χ0n) is 10.4. The van der Waals surface area contributed by atoms with Crippen LogP contribution in [-0.4, -0.2) is 32.7 Å². The first-order chi connectivity index (χ1) is 8.00. The minimum absolute atomic E-state index is 0. The van der Waals surface area contributed by atoms with Gasteiger partial charge in [-0.25, -0.2) is 13.1 Å². The van der Waals surface area contributed by atoms with Gasteiger partial charge in [-0.15, -0.1) is 12.4 Å². The van der Waals surface area contributed by atoms with E-state index in [9.17, 15) is 8.42 Å². The molecule has 1 aliphatic heterocycles. The Hall–Kier alpha value is -0.630. The molecule has 1 aliphatic rings. The van der Waals surface area contributed by atoms with Gasteiger partial charge in [0.05, 0.1) is 0 Å². The zero-order chi connectivity index (χ0) is 12.5. The van der Waals surface area contributed by atoms with Crippen LogP contribution in [0.3, 0.4) is 0 Å². The van der Waals surface area contributed by atoms with E-state index >= 15 is 0 Å². The van der Waals surface area contributed by atoms with Crippen molar-refractivity contribution >= 4 is 22.4 Å². The van der Waals surface area contributed by atoms with Gasteiger partial charge in [0.2, 0.25) is 10.0 Å². The standard InChI is InChI=1S/C10H17N3O3S.ClH/c1-7-10(8(2)16-12-7)17(14,15)13-9-4-3-5-11-6-9;/h9,11,13H,3-6H2,1-2H3;1H/t9-;/m1./s1. The minimum Gasteiger partial charge on any atom is -0.360 e. The number of piperidine rings is 1. The Morgan fingerprint density at radius 3 is 2.67 bits per heavy atom. The first kappa shape index (κ1) is 15.4. The van der Waals surface area contributed by atoms with Crippen molar-refractivity contribution in [3.05, 3.63) is 11.5 Å². The van der Waals surface area contributed by atoms with Crippen molar-refractivity contribution in [3.8, 4) is 0 Å². The second kappa shape index (κ2) is 6.01. The summed E-state index contributed by atoms with van der Waals surface area (Å²) < 4.78 is 31.9. The molecule has 1 aromatic rings. The summed E-state index contributed by atoms with van der Waals surface area (Å²) in [6.07, 6.45) is 1.84. The van der Waals surface area contributed by atoms with Crippen LogP contribution in [0.1, 0.15) is 24.3 Å². The Kier molecular flexibility index (Phi) is 5.15. The summed E-state index contributed by atoms with van der Waals surface area (Å²) in [5.41, 5.74) is 0.402. The fraction of sp³-hybridized carbons (Fsp3) is 0.700. The van der Waals surface area contributed by atoms with Crippen molar-refractivity contribution < 1.29 is 12.9 Å². The highest BCUT2D eigenvalue weighted by Gasteiger charge is 2.27. The maximum absolute atomic E-state index is 12.2. The van der Waals surface area contributed by atoms with E-state index in [2.05, 4.69) is 15.2 Å². The van der Waals surface area contributed by atoms with Gasteiger partial charge >= 0.3 is 0 Å². The maximum atomic E-state index is 12.2. The van der Waals surface area contributed by atoms with E-state index in [1.165, 1.54) is 0 Å². The first-order valence-corrected chi connectivity index (χ1v) is 7.15. The van der Waals surface area contributed by atoms with Crippen LogP contribution in [0.15, 0.2) is 9.42 Å². The summed E-state index contributed by atoms with van der Waals surface area (Å²) in [7, 11) is -3.52. The topological polar surface area (TPSA) is 84.2 Å². The number of hydrogen-bond donors (Lipinski definition) is 2. The number of aryl methyl sites for hydroxylation is 2. The average Bonchev–Trinajstić information content (AvgIpc) is 2.59. The predicted molar refractivity (Wildman–Crippen MR) is 69.4 cm³/mol. The highest BCUT2D eigenvalue weighted by Crippen LogP contribution is 2.19. The molecular formula is C10H18ClN3O3S. The Bertz CT molecular complexity index is 475. The smallest absolute Gasteiger partial charge is 0.246 e. The monoisotopic (exact) mass is 295 g/mol. The SMILES string of the molecule is Cc1noc(C)c1S(=O)(=O)N[C@@H]1CCCNC1.Cl. The molecule has 2 heterocycles. The van der Waals surface area contributed by atoms with Crippen LogP contribution in [-0.2, 0) is 10.0 Å². The number of sulfonamides is 1. The minimum atomic E-state index is -3.52. The van der Waals surface area contributed by atoms with Crippen molar-refractivity contribution in [2.75, 3.05) is 13.1 Å². The van der Waals surface area contributed by atoms with Crippen molar-refractivity contribution in [1.29, 1.82) is 0 Å². The molecule has 1 atom stereocenters. The lowest BCUT2D eigenvalue weighted by Crippen LogP contribution is -2.45. The van der Waals surface area contributed by atoms with E-state index in [-0.39, 0.29) is 23.3 Å². The number of nitrogens with one attached hydrogen (secondary N) is 2. The molecule has 0 unspecified atom stereocenters. The molecule has 0 aromatic carbocycles. The van der Waals surface area contributed by atoms with Crippen LogP contribution in [0.4, 0.5) is 0 Å². The molecule has 1 saturated heterocycles. The molecular weight excluding hydrogens is 278 g/mol. The molecule has 0 bridgehead atoms. The summed E-state index contributed by atoms with van der Waals surface area (Å²) >= 11 is 0. The molecule has 1 aromatic heterocycles. The van der Waals surface area contributed by atoms with E-state index in [1.807, 2.05) is 0 Å². The fourth-order valence-electron chi connectivity index (χ4n) is 2.09. The van der Waals surface area contributed by atoms with Gasteiger partial charge in [0.15, 0.2) is 5.76 Å². The maximum Gasteiger partial charge on any atom is 0.246 e. The number of aromatic nitrogens is 1. The molecule has 2 rings (SSSR count). The Labute approximate surface area is 113 Å². The van der Waals surface area contributed by atoms with Crippen molar-refractivity contribution in [3.63, 3.8) is 0 Å². The molecule has 0 saturated carbocycles. The summed E-state index contributed by atoms with van der Waals surface area (Å²) in [6.45, 7) is 4.85. The summed E-state index contributed by atoms with van der Waals surface area (Å²) in [4.78, 5) is 0.170. The second-order valence-electron chi connectivity index (χ2n) is 4.32. The van der Waals surface area contributed by atoms with Crippen LogP contribution in [0.5, 0.6) is 0 Å². The lowest BCUT2D eigenvalue weighted by Gasteiger charge is -2.23. The molecule has 1 fully saturated rings. The quantitative estimate of drug-likeness (QED) is 0.859. The second-order valence-corrected chi connectivity index (χ2v) is 5.97. The third-order valence-electron chi connectivity index (χ3n) is 2.86. The van der Waals surface area contributed by atoms with Crippen molar-refractivity contribution in [1.82, 2.24) is 15.2 Å². The summed E-state index contributed by atoms with van der Waals surface area (Å²) in [5.74, 6) is 0.332. The number of hydrogen-bond acceptors (Lipinski definition) is 5. The Morgan fingerprint density at radius 1 is 1.44 bits per heavy atom. The third-order valence-corrected chi connectivity index (χ3v) is 4.62. The highest BCUT2D eigenvalue weighted by atomic mass is 35.5. The van der Waals surface area contributed by atoms with E-state index in [0.29, 0.717) is 18.0 Å². The van der Waals surface area contributed by atoms with Crippen LogP contribution in [0, 0.1) is 13.8 Å². The molecule has 0 radical (unpaired) electrons. The lowest BCUT2D eigenvalue weighted by atomic mass is 10.1. The normalized spacial score (nSPS) is 20.4. The van der Waals surface area contributed by atoms with Gasteiger partial charge in [0.25, 0.3) is 0 Å². The highest BCUT2D eigenvalue weighted by molar-refractivity contribution is 7.89. The molecule has 6 nitrogen and oxygen atoms in total. The van der Waals surface area contributed by atoms with Gasteiger partial charge < -0.3 is 9.84 Å². The molecule has 18 heavy (non-hydrogen) atoms. The van der Waals surface area contributed by atoms with Crippen LogP contribution in [0.2, 0.25) is 0 Å². The van der Waals surface area contributed by atoms with E-state index < -0.39 is 10.0 Å². The average molecular weight is 296 g/mol. The lowest BCUT2D eigenvalue weighted by molar-refractivity contribution is 0.390. The van der Waals surface area contributed by atoms with Crippen LogP contribution in [0.25, 0.3) is 0 Å². The molecule has 2 N–H and O–H groups in total. The van der Waals surface area contributed by atoms with Crippen molar-refractivity contribution in [2.24, 2.45) is 0 Å². The first-order valence-electron chi connectivity index (χ1n) is 5.66. The fourth-order valence-corrected chi connectivity index (χ4v) is 3.69. The number of halogens is 1. The van der Waals surface area contributed by atoms with Gasteiger partial charge in [-0.05, 0) is 33.2 Å². The van der Waals surface area contributed by atoms with Gasteiger partial charge in [0, 0.05) is 12.6 Å². The van der Waals surface area contributed by atoms with Gasteiger partial charge in [0.1, 0.15) is 10.6 Å². The van der Waals surface area contributed by atoms with Gasteiger partial charge in [-0.3, -0.25) is 0 Å². The third kappa shape index (κ3) is 3.23. The molecule has 8 heteroatoms. The largest absolute Gasteiger partial charge is 0.360 e. The predicted octanol–water partition coefficient (Wildman–Crippen LogP) is 0.744. The van der Waals surface area contributed by atoms with Gasteiger partial charge in [-0.2, -0.15) is 0 Å². The van der Waals surface area contributed by atoms with Crippen molar-refractivity contribution in [2.45, 2.75) is 37.6 Å². The summed E-state index contributed by atoms with van der Waals surface area (Å²) in [6, 6.07) is -0.0533. The Morgan fingerprint density at radius 2 is 2.17 bits per heavy atom. The Balaban J connectivity index is 0.00000162. The van der Waals surface area contributed by atoms with E-state index in [1.54, 1.807) is 13.8 Å². The number of nitrogens with zero attached hydrogens (tertiary/aromatic N) is 1. The van der Waals surface area contributed by atoms with E-state index in [0.717, 1.165) is 19.4 Å². The molecule has 0 spiro atoms. The van der Waals surface area contributed by atoms with Crippen LogP contribution < -0.4 is 10.0 Å². The zero-order valence-corrected chi connectivity index (χ0v) is 12.0.